The number of aryl methyl sites for hydroxylation is 1. The maximum Gasteiger partial charge on any atom is 0.0819 e. The first kappa shape index (κ1) is 14.2. The van der Waals surface area contributed by atoms with Gasteiger partial charge in [0.1, 0.15) is 0 Å². The van der Waals surface area contributed by atoms with Gasteiger partial charge in [-0.2, -0.15) is 0 Å². The van der Waals surface area contributed by atoms with Crippen LogP contribution in [0.4, 0.5) is 11.4 Å². The molecule has 0 amide bonds. The standard InChI is InChI=1S/C16H26N2O/c1-12-8-13(17)10-14(9-12)18-11-16(19)6-4-15(2,3)5-7-16/h8-10,18-19H,4-7,11,17H2,1-3H3. The van der Waals surface area contributed by atoms with Gasteiger partial charge in [0.25, 0.3) is 0 Å². The Kier molecular flexibility index (Phi) is 3.77. The van der Waals surface area contributed by atoms with Crippen molar-refractivity contribution in [2.45, 2.75) is 52.1 Å². The molecule has 0 unspecified atom stereocenters. The predicted octanol–water partition coefficient (Wildman–Crippen LogP) is 3.32. The third kappa shape index (κ3) is 3.87. The fraction of sp³-hybridized carbons (Fsp3) is 0.625. The van der Waals surface area contributed by atoms with Crippen LogP contribution in [0, 0.1) is 12.3 Å². The Hall–Kier alpha value is -1.22. The third-order valence-electron chi connectivity index (χ3n) is 4.26. The van der Waals surface area contributed by atoms with Crippen molar-refractivity contribution in [3.05, 3.63) is 23.8 Å². The van der Waals surface area contributed by atoms with E-state index in [4.69, 9.17) is 5.73 Å². The molecule has 1 aromatic rings. The van der Waals surface area contributed by atoms with Crippen molar-refractivity contribution in [3.63, 3.8) is 0 Å². The molecule has 0 saturated heterocycles. The fourth-order valence-electron chi connectivity index (χ4n) is 2.75. The van der Waals surface area contributed by atoms with E-state index in [2.05, 4.69) is 25.2 Å². The second-order valence-corrected chi connectivity index (χ2v) is 6.87. The maximum absolute atomic E-state index is 10.6. The van der Waals surface area contributed by atoms with Gasteiger partial charge in [0, 0.05) is 17.9 Å². The van der Waals surface area contributed by atoms with Crippen molar-refractivity contribution in [3.8, 4) is 0 Å². The summed E-state index contributed by atoms with van der Waals surface area (Å²) in [5, 5.41) is 13.9. The van der Waals surface area contributed by atoms with E-state index < -0.39 is 5.60 Å². The van der Waals surface area contributed by atoms with Gasteiger partial charge >= 0.3 is 0 Å². The summed E-state index contributed by atoms with van der Waals surface area (Å²) in [4.78, 5) is 0. The highest BCUT2D eigenvalue weighted by Crippen LogP contribution is 2.40. The normalized spacial score (nSPS) is 21.1. The van der Waals surface area contributed by atoms with E-state index in [0.29, 0.717) is 12.0 Å². The van der Waals surface area contributed by atoms with E-state index >= 15 is 0 Å². The van der Waals surface area contributed by atoms with E-state index in [1.807, 2.05) is 19.1 Å². The number of benzene rings is 1. The van der Waals surface area contributed by atoms with Gasteiger partial charge in [0.05, 0.1) is 5.60 Å². The first-order valence-electron chi connectivity index (χ1n) is 7.12. The van der Waals surface area contributed by atoms with Crippen LogP contribution in [0.5, 0.6) is 0 Å². The number of hydrogen-bond donors (Lipinski definition) is 3. The number of aliphatic hydroxyl groups is 1. The Morgan fingerprint density at radius 1 is 1.16 bits per heavy atom. The molecule has 0 radical (unpaired) electrons. The average Bonchev–Trinajstić information content (AvgIpc) is 2.30. The van der Waals surface area contributed by atoms with Crippen LogP contribution in [0.15, 0.2) is 18.2 Å². The van der Waals surface area contributed by atoms with Gasteiger partial charge in [-0.25, -0.2) is 0 Å². The highest BCUT2D eigenvalue weighted by Gasteiger charge is 2.36. The number of nitrogen functional groups attached to an aromatic ring is 1. The zero-order valence-electron chi connectivity index (χ0n) is 12.3. The Bertz CT molecular complexity index is 424. The number of nitrogens with one attached hydrogen (secondary N) is 1. The van der Waals surface area contributed by atoms with Crippen molar-refractivity contribution >= 4 is 11.4 Å². The highest BCUT2D eigenvalue weighted by atomic mass is 16.3. The van der Waals surface area contributed by atoms with E-state index in [-0.39, 0.29) is 0 Å². The van der Waals surface area contributed by atoms with Crippen LogP contribution < -0.4 is 11.1 Å². The minimum atomic E-state index is -0.575. The number of hydrogen-bond acceptors (Lipinski definition) is 3. The summed E-state index contributed by atoms with van der Waals surface area (Å²) in [6, 6.07) is 5.93. The van der Waals surface area contributed by atoms with Gasteiger partial charge < -0.3 is 16.2 Å². The molecule has 1 fully saturated rings. The van der Waals surface area contributed by atoms with Gasteiger partial charge in [-0.3, -0.25) is 0 Å². The maximum atomic E-state index is 10.6. The molecule has 0 bridgehead atoms. The molecule has 3 heteroatoms. The topological polar surface area (TPSA) is 58.3 Å². The predicted molar refractivity (Wildman–Crippen MR) is 81.3 cm³/mol. The molecule has 0 heterocycles. The molecule has 0 aliphatic heterocycles. The van der Waals surface area contributed by atoms with Crippen molar-refractivity contribution in [2.75, 3.05) is 17.6 Å². The lowest BCUT2D eigenvalue weighted by Gasteiger charge is -2.40. The monoisotopic (exact) mass is 262 g/mol. The van der Waals surface area contributed by atoms with Crippen molar-refractivity contribution in [2.24, 2.45) is 5.41 Å². The summed E-state index contributed by atoms with van der Waals surface area (Å²) in [7, 11) is 0. The quantitative estimate of drug-likeness (QED) is 0.732. The van der Waals surface area contributed by atoms with Crippen LogP contribution in [0.3, 0.4) is 0 Å². The summed E-state index contributed by atoms with van der Waals surface area (Å²) in [6.45, 7) is 7.19. The van der Waals surface area contributed by atoms with Gasteiger partial charge in [0.2, 0.25) is 0 Å². The number of nitrogens with two attached hydrogens (primary N) is 1. The van der Waals surface area contributed by atoms with Crippen LogP contribution in [0.25, 0.3) is 0 Å². The summed E-state index contributed by atoms with van der Waals surface area (Å²) >= 11 is 0. The number of rotatable bonds is 3. The summed E-state index contributed by atoms with van der Waals surface area (Å²) < 4.78 is 0. The zero-order valence-corrected chi connectivity index (χ0v) is 12.3. The second-order valence-electron chi connectivity index (χ2n) is 6.87. The lowest BCUT2D eigenvalue weighted by atomic mass is 9.71. The van der Waals surface area contributed by atoms with Gasteiger partial charge in [-0.15, -0.1) is 0 Å². The molecule has 0 atom stereocenters. The molecule has 4 N–H and O–H groups in total. The molecule has 106 valence electrons. The third-order valence-corrected chi connectivity index (χ3v) is 4.26. The van der Waals surface area contributed by atoms with Crippen molar-refractivity contribution in [1.29, 1.82) is 0 Å². The fourth-order valence-corrected chi connectivity index (χ4v) is 2.75. The first-order valence-corrected chi connectivity index (χ1v) is 7.12. The molecule has 1 aliphatic carbocycles. The van der Waals surface area contributed by atoms with Crippen LogP contribution in [0.2, 0.25) is 0 Å². The van der Waals surface area contributed by atoms with Crippen LogP contribution in [-0.4, -0.2) is 17.3 Å². The van der Waals surface area contributed by atoms with Crippen molar-refractivity contribution in [1.82, 2.24) is 0 Å². The summed E-state index contributed by atoms with van der Waals surface area (Å²) in [5.74, 6) is 0. The molecule has 3 nitrogen and oxygen atoms in total. The Balaban J connectivity index is 1.95. The highest BCUT2D eigenvalue weighted by molar-refractivity contribution is 5.56. The van der Waals surface area contributed by atoms with Gasteiger partial charge in [-0.1, -0.05) is 13.8 Å². The first-order chi connectivity index (χ1) is 8.78. The minimum absolute atomic E-state index is 0.375. The molecule has 1 aliphatic rings. The van der Waals surface area contributed by atoms with Crippen LogP contribution in [0.1, 0.15) is 45.1 Å². The summed E-state index contributed by atoms with van der Waals surface area (Å²) in [6.07, 6.45) is 3.91. The molecule has 0 aromatic heterocycles. The molecular formula is C16H26N2O. The van der Waals surface area contributed by atoms with E-state index in [0.717, 1.165) is 42.6 Å². The van der Waals surface area contributed by atoms with E-state index in [1.165, 1.54) is 0 Å². The van der Waals surface area contributed by atoms with Crippen molar-refractivity contribution < 1.29 is 5.11 Å². The Labute approximate surface area is 116 Å². The minimum Gasteiger partial charge on any atom is -0.399 e. The zero-order chi connectivity index (χ0) is 14.1. The van der Waals surface area contributed by atoms with E-state index in [9.17, 15) is 5.11 Å². The molecule has 2 rings (SSSR count). The Morgan fingerprint density at radius 2 is 1.79 bits per heavy atom. The second kappa shape index (κ2) is 5.04. The molecule has 0 spiro atoms. The Morgan fingerprint density at radius 3 is 2.37 bits per heavy atom. The largest absolute Gasteiger partial charge is 0.399 e. The molecule has 1 aromatic carbocycles. The van der Waals surface area contributed by atoms with Gasteiger partial charge in [-0.05, 0) is 61.8 Å². The average molecular weight is 262 g/mol. The number of anilines is 2. The molecular weight excluding hydrogens is 236 g/mol. The van der Waals surface area contributed by atoms with Gasteiger partial charge in [0.15, 0.2) is 0 Å². The SMILES string of the molecule is Cc1cc(N)cc(NCC2(O)CCC(C)(C)CC2)c1. The molecule has 19 heavy (non-hydrogen) atoms. The lowest BCUT2D eigenvalue weighted by molar-refractivity contribution is -0.0145. The van der Waals surface area contributed by atoms with Crippen LogP contribution in [-0.2, 0) is 0 Å². The summed E-state index contributed by atoms with van der Waals surface area (Å²) in [5.41, 5.74) is 8.53. The van der Waals surface area contributed by atoms with E-state index in [1.54, 1.807) is 0 Å². The lowest BCUT2D eigenvalue weighted by Crippen LogP contribution is -2.42. The van der Waals surface area contributed by atoms with Crippen LogP contribution >= 0.6 is 0 Å². The smallest absolute Gasteiger partial charge is 0.0819 e. The molecule has 1 saturated carbocycles.